The molecule has 3 nitrogen and oxygen atoms in total. The normalized spacial score (nSPS) is 10.7. The van der Waals surface area contributed by atoms with Gasteiger partial charge in [0.05, 0.1) is 5.69 Å². The second kappa shape index (κ2) is 8.02. The Morgan fingerprint density at radius 2 is 2.05 bits per heavy atom. The topological polar surface area (TPSA) is 28.2 Å². The van der Waals surface area contributed by atoms with Crippen LogP contribution in [0.1, 0.15) is 24.6 Å². The molecule has 20 heavy (non-hydrogen) atoms. The van der Waals surface area contributed by atoms with Gasteiger partial charge in [-0.15, -0.1) is 11.3 Å². The van der Waals surface area contributed by atoms with E-state index in [-0.39, 0.29) is 0 Å². The van der Waals surface area contributed by atoms with Crippen molar-refractivity contribution in [1.29, 1.82) is 0 Å². The number of likely N-dealkylation sites (N-methyl/N-ethyl adjacent to an activating group) is 1. The fraction of sp³-hybridized carbons (Fsp3) is 0.438. The monoisotopic (exact) mass is 289 g/mol. The van der Waals surface area contributed by atoms with Crippen LogP contribution in [0.15, 0.2) is 35.7 Å². The lowest BCUT2D eigenvalue weighted by atomic mass is 10.1. The number of thiazole rings is 1. The van der Waals surface area contributed by atoms with Gasteiger partial charge in [0, 0.05) is 25.5 Å². The molecule has 0 bridgehead atoms. The summed E-state index contributed by atoms with van der Waals surface area (Å²) in [5.74, 6) is 0. The molecule has 0 aliphatic carbocycles. The fourth-order valence-electron chi connectivity index (χ4n) is 1.98. The van der Waals surface area contributed by atoms with Crippen LogP contribution < -0.4 is 10.2 Å². The molecule has 108 valence electrons. The number of hydrogen-bond donors (Lipinski definition) is 1. The molecule has 1 aromatic carbocycles. The first kappa shape index (κ1) is 15.0. The van der Waals surface area contributed by atoms with Crippen molar-refractivity contribution in [1.82, 2.24) is 10.3 Å². The third-order valence-corrected chi connectivity index (χ3v) is 4.18. The van der Waals surface area contributed by atoms with E-state index in [0.717, 1.165) is 43.3 Å². The van der Waals surface area contributed by atoms with E-state index in [4.69, 9.17) is 0 Å². The van der Waals surface area contributed by atoms with Crippen molar-refractivity contribution in [3.63, 3.8) is 0 Å². The molecule has 1 heterocycles. The third kappa shape index (κ3) is 4.62. The Kier molecular flexibility index (Phi) is 6.02. The number of aromatic nitrogens is 1. The Labute approximate surface area is 125 Å². The van der Waals surface area contributed by atoms with Crippen molar-refractivity contribution in [3.8, 4) is 0 Å². The molecule has 0 aliphatic heterocycles. The molecular formula is C16H23N3S. The molecule has 0 spiro atoms. The van der Waals surface area contributed by atoms with Crippen LogP contribution in [-0.4, -0.2) is 25.1 Å². The first-order valence-electron chi connectivity index (χ1n) is 7.19. The van der Waals surface area contributed by atoms with Crippen molar-refractivity contribution < 1.29 is 0 Å². The summed E-state index contributed by atoms with van der Waals surface area (Å²) in [5.41, 5.74) is 2.52. The minimum Gasteiger partial charge on any atom is -0.351 e. The van der Waals surface area contributed by atoms with Crippen LogP contribution in [0, 0.1) is 0 Å². The Morgan fingerprint density at radius 1 is 1.25 bits per heavy atom. The van der Waals surface area contributed by atoms with Crippen LogP contribution in [-0.2, 0) is 13.0 Å². The van der Waals surface area contributed by atoms with E-state index >= 15 is 0 Å². The average Bonchev–Trinajstić information content (AvgIpc) is 2.95. The van der Waals surface area contributed by atoms with E-state index in [1.54, 1.807) is 11.3 Å². The highest BCUT2D eigenvalue weighted by molar-refractivity contribution is 7.13. The van der Waals surface area contributed by atoms with Crippen molar-refractivity contribution in [2.75, 3.05) is 25.0 Å². The summed E-state index contributed by atoms with van der Waals surface area (Å²) in [6.07, 6.45) is 2.22. The number of rotatable bonds is 8. The van der Waals surface area contributed by atoms with Gasteiger partial charge in [-0.3, -0.25) is 0 Å². The molecule has 0 amide bonds. The minimum atomic E-state index is 0.872. The van der Waals surface area contributed by atoms with Gasteiger partial charge in [-0.2, -0.15) is 0 Å². The second-order valence-corrected chi connectivity index (χ2v) is 5.79. The molecule has 0 radical (unpaired) electrons. The Bertz CT molecular complexity index is 495. The smallest absolute Gasteiger partial charge is 0.185 e. The Balaban J connectivity index is 1.81. The van der Waals surface area contributed by atoms with E-state index in [1.165, 1.54) is 5.56 Å². The molecule has 2 aromatic rings. The maximum absolute atomic E-state index is 4.68. The Hall–Kier alpha value is -1.39. The maximum Gasteiger partial charge on any atom is 0.185 e. The van der Waals surface area contributed by atoms with Gasteiger partial charge in [0.2, 0.25) is 0 Å². The first-order chi connectivity index (χ1) is 9.79. The van der Waals surface area contributed by atoms with Gasteiger partial charge in [0.15, 0.2) is 5.13 Å². The highest BCUT2D eigenvalue weighted by Crippen LogP contribution is 2.19. The summed E-state index contributed by atoms with van der Waals surface area (Å²) in [6.45, 7) is 5.10. The molecular weight excluding hydrogens is 266 g/mol. The van der Waals surface area contributed by atoms with E-state index in [1.807, 2.05) is 0 Å². The summed E-state index contributed by atoms with van der Waals surface area (Å²) in [4.78, 5) is 6.91. The summed E-state index contributed by atoms with van der Waals surface area (Å²) in [7, 11) is 2.12. The summed E-state index contributed by atoms with van der Waals surface area (Å²) in [5, 5.41) is 6.64. The summed E-state index contributed by atoms with van der Waals surface area (Å²) in [6, 6.07) is 10.6. The highest BCUT2D eigenvalue weighted by Gasteiger charge is 2.06. The van der Waals surface area contributed by atoms with Crippen LogP contribution in [0.5, 0.6) is 0 Å². The summed E-state index contributed by atoms with van der Waals surface area (Å²) < 4.78 is 0. The number of nitrogens with zero attached hydrogens (tertiary/aromatic N) is 2. The quantitative estimate of drug-likeness (QED) is 0.756. The molecule has 0 fully saturated rings. The predicted octanol–water partition coefficient (Wildman–Crippen LogP) is 3.32. The molecule has 0 unspecified atom stereocenters. The van der Waals surface area contributed by atoms with Gasteiger partial charge in [-0.1, -0.05) is 37.3 Å². The number of hydrogen-bond acceptors (Lipinski definition) is 4. The third-order valence-electron chi connectivity index (χ3n) is 3.18. The van der Waals surface area contributed by atoms with Crippen LogP contribution in [0.2, 0.25) is 0 Å². The lowest BCUT2D eigenvalue weighted by Crippen LogP contribution is -2.20. The van der Waals surface area contributed by atoms with Gasteiger partial charge >= 0.3 is 0 Å². The molecule has 0 saturated carbocycles. The maximum atomic E-state index is 4.68. The summed E-state index contributed by atoms with van der Waals surface area (Å²) >= 11 is 1.73. The van der Waals surface area contributed by atoms with Crippen LogP contribution in [0.4, 0.5) is 5.13 Å². The fourth-order valence-corrected chi connectivity index (χ4v) is 2.80. The van der Waals surface area contributed by atoms with Crippen LogP contribution in [0.3, 0.4) is 0 Å². The molecule has 4 heteroatoms. The van der Waals surface area contributed by atoms with Gasteiger partial charge < -0.3 is 10.2 Å². The number of benzene rings is 1. The van der Waals surface area contributed by atoms with Crippen LogP contribution >= 0.6 is 11.3 Å². The lowest BCUT2D eigenvalue weighted by Gasteiger charge is -2.15. The molecule has 1 N–H and O–H groups in total. The van der Waals surface area contributed by atoms with E-state index in [9.17, 15) is 0 Å². The predicted molar refractivity (Wildman–Crippen MR) is 87.5 cm³/mol. The highest BCUT2D eigenvalue weighted by atomic mass is 32.1. The van der Waals surface area contributed by atoms with Crippen LogP contribution in [0.25, 0.3) is 0 Å². The van der Waals surface area contributed by atoms with E-state index in [0.29, 0.717) is 0 Å². The van der Waals surface area contributed by atoms with E-state index < -0.39 is 0 Å². The second-order valence-electron chi connectivity index (χ2n) is 4.96. The minimum absolute atomic E-state index is 0.872. The van der Waals surface area contributed by atoms with Crippen molar-refractivity contribution >= 4 is 16.5 Å². The molecule has 0 aliphatic rings. The Morgan fingerprint density at radius 3 is 2.80 bits per heavy atom. The zero-order chi connectivity index (χ0) is 14.2. The molecule has 0 saturated heterocycles. The van der Waals surface area contributed by atoms with Gasteiger partial charge in [0.25, 0.3) is 0 Å². The number of anilines is 1. The van der Waals surface area contributed by atoms with E-state index in [2.05, 4.69) is 64.9 Å². The molecule has 2 rings (SSSR count). The lowest BCUT2D eigenvalue weighted by molar-refractivity contribution is 0.666. The van der Waals surface area contributed by atoms with Gasteiger partial charge in [0.1, 0.15) is 0 Å². The molecule has 0 atom stereocenters. The number of nitrogens with one attached hydrogen (secondary N) is 1. The van der Waals surface area contributed by atoms with Gasteiger partial charge in [-0.05, 0) is 24.9 Å². The zero-order valence-corrected chi connectivity index (χ0v) is 13.1. The zero-order valence-electron chi connectivity index (χ0n) is 12.3. The average molecular weight is 289 g/mol. The molecule has 1 aromatic heterocycles. The van der Waals surface area contributed by atoms with Crippen molar-refractivity contribution in [2.45, 2.75) is 26.3 Å². The first-order valence-corrected chi connectivity index (χ1v) is 8.07. The van der Waals surface area contributed by atoms with Gasteiger partial charge in [-0.25, -0.2) is 4.98 Å². The van der Waals surface area contributed by atoms with Crippen molar-refractivity contribution in [2.24, 2.45) is 0 Å². The SMILES string of the molecule is CCCNCc1csc(N(C)CCc2ccccc2)n1. The van der Waals surface area contributed by atoms with Crippen molar-refractivity contribution in [3.05, 3.63) is 47.0 Å². The largest absolute Gasteiger partial charge is 0.351 e. The standard InChI is InChI=1S/C16H23N3S/c1-3-10-17-12-15-13-20-16(18-15)19(2)11-9-14-7-5-4-6-8-14/h4-8,13,17H,3,9-12H2,1-2H3.